The highest BCUT2D eigenvalue weighted by atomic mass is 16.4. The Labute approximate surface area is 119 Å². The summed E-state index contributed by atoms with van der Waals surface area (Å²) in [5.74, 6) is -0.732. The normalized spacial score (nSPS) is 10.4. The lowest BCUT2D eigenvalue weighted by Gasteiger charge is -2.08. The minimum atomic E-state index is -0.732. The van der Waals surface area contributed by atoms with Gasteiger partial charge in [0.05, 0.1) is 0 Å². The number of nitrogen functional groups attached to an aromatic ring is 1. The molecule has 104 valence electrons. The van der Waals surface area contributed by atoms with Crippen LogP contribution in [0.25, 0.3) is 11.1 Å². The van der Waals surface area contributed by atoms with Gasteiger partial charge in [-0.2, -0.15) is 0 Å². The van der Waals surface area contributed by atoms with Crippen LogP contribution >= 0.6 is 0 Å². The summed E-state index contributed by atoms with van der Waals surface area (Å²) in [6.45, 7) is 0. The Bertz CT molecular complexity index is 579. The minimum Gasteiger partial charge on any atom is -0.481 e. The van der Waals surface area contributed by atoms with E-state index in [1.54, 1.807) is 0 Å². The molecule has 0 radical (unpaired) electrons. The van der Waals surface area contributed by atoms with Crippen molar-refractivity contribution in [1.82, 2.24) is 0 Å². The number of hydrogen-bond acceptors (Lipinski definition) is 2. The van der Waals surface area contributed by atoms with Gasteiger partial charge in [-0.05, 0) is 36.5 Å². The number of rotatable bonds is 6. The van der Waals surface area contributed by atoms with Crippen molar-refractivity contribution in [3.8, 4) is 11.1 Å². The highest BCUT2D eigenvalue weighted by Crippen LogP contribution is 2.27. The number of benzene rings is 2. The van der Waals surface area contributed by atoms with Gasteiger partial charge in [-0.25, -0.2) is 0 Å². The standard InChI is InChI=1S/C17H19NO2/c18-16-12-13(6-4-5-9-17(19)20)10-11-15(16)14-7-2-1-3-8-14/h1-3,7-8,10-12H,4-6,9,18H2,(H,19,20). The molecule has 2 aromatic rings. The van der Waals surface area contributed by atoms with Crippen LogP contribution in [-0.2, 0) is 11.2 Å². The number of carboxylic acids is 1. The summed E-state index contributed by atoms with van der Waals surface area (Å²) in [4.78, 5) is 10.4. The third-order valence-corrected chi connectivity index (χ3v) is 3.31. The average molecular weight is 269 g/mol. The maximum absolute atomic E-state index is 10.4. The van der Waals surface area contributed by atoms with Crippen LogP contribution in [0.4, 0.5) is 5.69 Å². The lowest BCUT2D eigenvalue weighted by atomic mass is 9.99. The van der Waals surface area contributed by atoms with Crippen molar-refractivity contribution < 1.29 is 9.90 Å². The summed E-state index contributed by atoms with van der Waals surface area (Å²) in [7, 11) is 0. The molecule has 0 amide bonds. The molecule has 3 nitrogen and oxygen atoms in total. The second kappa shape index (κ2) is 6.75. The highest BCUT2D eigenvalue weighted by molar-refractivity contribution is 5.76. The summed E-state index contributed by atoms with van der Waals surface area (Å²) < 4.78 is 0. The van der Waals surface area contributed by atoms with Crippen molar-refractivity contribution in [2.24, 2.45) is 0 Å². The fourth-order valence-corrected chi connectivity index (χ4v) is 2.25. The molecule has 0 bridgehead atoms. The lowest BCUT2D eigenvalue weighted by molar-refractivity contribution is -0.137. The van der Waals surface area contributed by atoms with Crippen molar-refractivity contribution >= 4 is 11.7 Å². The van der Waals surface area contributed by atoms with Crippen LogP contribution in [0.1, 0.15) is 24.8 Å². The van der Waals surface area contributed by atoms with Crippen molar-refractivity contribution in [2.45, 2.75) is 25.7 Å². The van der Waals surface area contributed by atoms with Gasteiger partial charge in [0.2, 0.25) is 0 Å². The molecule has 0 aliphatic carbocycles. The third-order valence-electron chi connectivity index (χ3n) is 3.31. The Balaban J connectivity index is 2.01. The van der Waals surface area contributed by atoms with Crippen LogP contribution in [0.2, 0.25) is 0 Å². The molecule has 0 heterocycles. The van der Waals surface area contributed by atoms with Gasteiger partial charge >= 0.3 is 5.97 Å². The number of hydrogen-bond donors (Lipinski definition) is 2. The first kappa shape index (κ1) is 14.1. The van der Waals surface area contributed by atoms with Gasteiger partial charge in [0, 0.05) is 17.7 Å². The number of carbonyl (C=O) groups is 1. The number of nitrogens with two attached hydrogens (primary N) is 1. The van der Waals surface area contributed by atoms with E-state index >= 15 is 0 Å². The van der Waals surface area contributed by atoms with Crippen LogP contribution in [0.15, 0.2) is 48.5 Å². The summed E-state index contributed by atoms with van der Waals surface area (Å²) >= 11 is 0. The molecule has 0 unspecified atom stereocenters. The van der Waals surface area contributed by atoms with Crippen LogP contribution in [-0.4, -0.2) is 11.1 Å². The van der Waals surface area contributed by atoms with Gasteiger partial charge in [0.1, 0.15) is 0 Å². The van der Waals surface area contributed by atoms with E-state index in [4.69, 9.17) is 10.8 Å². The first-order valence-electron chi connectivity index (χ1n) is 6.82. The van der Waals surface area contributed by atoms with Crippen molar-refractivity contribution in [3.63, 3.8) is 0 Å². The number of aryl methyl sites for hydroxylation is 1. The zero-order valence-electron chi connectivity index (χ0n) is 11.4. The number of unbranched alkanes of at least 4 members (excludes halogenated alkanes) is 1. The monoisotopic (exact) mass is 269 g/mol. The quantitative estimate of drug-likeness (QED) is 0.620. The molecular formula is C17H19NO2. The van der Waals surface area contributed by atoms with E-state index in [0.29, 0.717) is 6.42 Å². The Morgan fingerprint density at radius 1 is 1.05 bits per heavy atom. The SMILES string of the molecule is Nc1cc(CCCCC(=O)O)ccc1-c1ccccc1. The number of carboxylic acid groups (broad SMARTS) is 1. The molecule has 0 saturated heterocycles. The van der Waals surface area contributed by atoms with E-state index in [-0.39, 0.29) is 6.42 Å². The van der Waals surface area contributed by atoms with Gasteiger partial charge < -0.3 is 10.8 Å². The topological polar surface area (TPSA) is 63.3 Å². The molecule has 0 fully saturated rings. The van der Waals surface area contributed by atoms with Crippen molar-refractivity contribution in [3.05, 3.63) is 54.1 Å². The molecule has 0 atom stereocenters. The Morgan fingerprint density at radius 3 is 2.45 bits per heavy atom. The zero-order chi connectivity index (χ0) is 14.4. The Hall–Kier alpha value is -2.29. The second-order valence-electron chi connectivity index (χ2n) is 4.89. The second-order valence-corrected chi connectivity index (χ2v) is 4.89. The average Bonchev–Trinajstić information content (AvgIpc) is 2.44. The van der Waals surface area contributed by atoms with E-state index < -0.39 is 5.97 Å². The van der Waals surface area contributed by atoms with E-state index in [0.717, 1.165) is 35.2 Å². The first-order valence-corrected chi connectivity index (χ1v) is 6.82. The molecule has 0 saturated carbocycles. The smallest absolute Gasteiger partial charge is 0.303 e. The van der Waals surface area contributed by atoms with Gasteiger partial charge in [-0.15, -0.1) is 0 Å². The fourth-order valence-electron chi connectivity index (χ4n) is 2.25. The Kier molecular flexibility index (Phi) is 4.77. The Morgan fingerprint density at radius 2 is 1.80 bits per heavy atom. The molecule has 3 N–H and O–H groups in total. The van der Waals surface area contributed by atoms with E-state index in [1.165, 1.54) is 0 Å². The van der Waals surface area contributed by atoms with Crippen molar-refractivity contribution in [1.29, 1.82) is 0 Å². The van der Waals surface area contributed by atoms with Crippen molar-refractivity contribution in [2.75, 3.05) is 5.73 Å². The van der Waals surface area contributed by atoms with E-state index in [9.17, 15) is 4.79 Å². The van der Waals surface area contributed by atoms with E-state index in [2.05, 4.69) is 6.07 Å². The summed E-state index contributed by atoms with van der Waals surface area (Å²) in [5, 5.41) is 8.60. The predicted octanol–water partition coefficient (Wildman–Crippen LogP) is 3.73. The molecule has 2 aromatic carbocycles. The summed E-state index contributed by atoms with van der Waals surface area (Å²) in [5.41, 5.74) is 10.2. The first-order chi connectivity index (χ1) is 9.66. The molecule has 0 aliphatic rings. The summed E-state index contributed by atoms with van der Waals surface area (Å²) in [6.07, 6.45) is 2.68. The number of anilines is 1. The molecule has 0 spiro atoms. The minimum absolute atomic E-state index is 0.234. The van der Waals surface area contributed by atoms with Crippen LogP contribution in [0.3, 0.4) is 0 Å². The molecule has 2 rings (SSSR count). The van der Waals surface area contributed by atoms with Gasteiger partial charge in [0.25, 0.3) is 0 Å². The fraction of sp³-hybridized carbons (Fsp3) is 0.235. The zero-order valence-corrected chi connectivity index (χ0v) is 11.4. The lowest BCUT2D eigenvalue weighted by Crippen LogP contribution is -1.96. The molecular weight excluding hydrogens is 250 g/mol. The highest BCUT2D eigenvalue weighted by Gasteiger charge is 2.04. The van der Waals surface area contributed by atoms with E-state index in [1.807, 2.05) is 42.5 Å². The van der Waals surface area contributed by atoms with Crippen LogP contribution < -0.4 is 5.73 Å². The van der Waals surface area contributed by atoms with Gasteiger partial charge in [0.15, 0.2) is 0 Å². The third kappa shape index (κ3) is 3.85. The molecule has 20 heavy (non-hydrogen) atoms. The predicted molar refractivity (Wildman–Crippen MR) is 81.5 cm³/mol. The maximum atomic E-state index is 10.4. The van der Waals surface area contributed by atoms with Gasteiger partial charge in [-0.3, -0.25) is 4.79 Å². The maximum Gasteiger partial charge on any atom is 0.303 e. The number of aliphatic carboxylic acids is 1. The largest absolute Gasteiger partial charge is 0.481 e. The van der Waals surface area contributed by atoms with Crippen LogP contribution in [0, 0.1) is 0 Å². The molecule has 0 aromatic heterocycles. The molecule has 3 heteroatoms. The molecule has 0 aliphatic heterocycles. The summed E-state index contributed by atoms with van der Waals surface area (Å²) in [6, 6.07) is 16.1. The van der Waals surface area contributed by atoms with Crippen LogP contribution in [0.5, 0.6) is 0 Å². The van der Waals surface area contributed by atoms with Gasteiger partial charge in [-0.1, -0.05) is 42.5 Å².